The van der Waals surface area contributed by atoms with E-state index in [4.69, 9.17) is 5.73 Å². The number of hydrogen-bond acceptors (Lipinski definition) is 1. The van der Waals surface area contributed by atoms with Crippen LogP contribution in [0.25, 0.3) is 6.08 Å². The quantitative estimate of drug-likeness (QED) is 0.875. The number of amides is 1. The summed E-state index contributed by atoms with van der Waals surface area (Å²) < 4.78 is 0. The van der Waals surface area contributed by atoms with Crippen LogP contribution in [0.3, 0.4) is 0 Å². The number of fused-ring (bicyclic) bond motifs is 1. The minimum Gasteiger partial charge on any atom is -0.369 e. The molecule has 0 heterocycles. The Morgan fingerprint density at radius 2 is 1.87 bits per heavy atom. The molecule has 0 spiro atoms. The van der Waals surface area contributed by atoms with Crippen molar-refractivity contribution in [1.29, 1.82) is 0 Å². The second-order valence-electron chi connectivity index (χ2n) is 8.52. The standard InChI is InChI=1S/C21H29NO/c1-6-13-9-14-11-16(20(2,3)4)12-18(17(14)10-13)21(5,19(22)23)15-7-8-15/h9,11-12,15H,6-8,10H2,1-5H3,(H2,22,23). The molecule has 1 fully saturated rings. The fraction of sp³-hybridized carbons (Fsp3) is 0.571. The highest BCUT2D eigenvalue weighted by Crippen LogP contribution is 2.50. The van der Waals surface area contributed by atoms with Gasteiger partial charge in [0.2, 0.25) is 5.91 Å². The highest BCUT2D eigenvalue weighted by Gasteiger charge is 2.49. The zero-order valence-electron chi connectivity index (χ0n) is 15.1. The molecule has 0 saturated heterocycles. The summed E-state index contributed by atoms with van der Waals surface area (Å²) in [6, 6.07) is 4.59. The fourth-order valence-electron chi connectivity index (χ4n) is 3.86. The van der Waals surface area contributed by atoms with Gasteiger partial charge in [-0.15, -0.1) is 0 Å². The highest BCUT2D eigenvalue weighted by molar-refractivity contribution is 5.88. The average molecular weight is 311 g/mol. The van der Waals surface area contributed by atoms with E-state index >= 15 is 0 Å². The molecule has 0 aliphatic heterocycles. The number of benzene rings is 1. The number of nitrogens with two attached hydrogens (primary N) is 1. The zero-order valence-corrected chi connectivity index (χ0v) is 15.1. The van der Waals surface area contributed by atoms with Crippen molar-refractivity contribution in [3.05, 3.63) is 40.0 Å². The van der Waals surface area contributed by atoms with Crippen LogP contribution in [0, 0.1) is 5.92 Å². The summed E-state index contributed by atoms with van der Waals surface area (Å²) in [5, 5.41) is 0. The van der Waals surface area contributed by atoms with E-state index in [0.717, 1.165) is 25.7 Å². The van der Waals surface area contributed by atoms with Crippen molar-refractivity contribution in [1.82, 2.24) is 0 Å². The van der Waals surface area contributed by atoms with Crippen LogP contribution in [0.1, 0.15) is 76.1 Å². The predicted octanol–water partition coefficient (Wildman–Crippen LogP) is 4.49. The van der Waals surface area contributed by atoms with Crippen molar-refractivity contribution >= 4 is 12.0 Å². The van der Waals surface area contributed by atoms with Gasteiger partial charge in [0.1, 0.15) is 0 Å². The molecule has 0 aromatic heterocycles. The van der Waals surface area contributed by atoms with E-state index < -0.39 is 5.41 Å². The van der Waals surface area contributed by atoms with Crippen LogP contribution in [0.15, 0.2) is 17.7 Å². The first kappa shape index (κ1) is 16.3. The van der Waals surface area contributed by atoms with Gasteiger partial charge >= 0.3 is 0 Å². The minimum atomic E-state index is -0.525. The summed E-state index contributed by atoms with van der Waals surface area (Å²) >= 11 is 0. The lowest BCUT2D eigenvalue weighted by atomic mass is 9.71. The van der Waals surface area contributed by atoms with E-state index in [9.17, 15) is 4.79 Å². The van der Waals surface area contributed by atoms with Gasteiger partial charge in [0.15, 0.2) is 0 Å². The van der Waals surface area contributed by atoms with Gasteiger partial charge < -0.3 is 5.73 Å². The molecule has 124 valence electrons. The Bertz CT molecular complexity index is 689. The number of carbonyl (C=O) groups is 1. The maximum Gasteiger partial charge on any atom is 0.228 e. The molecule has 2 N–H and O–H groups in total. The van der Waals surface area contributed by atoms with Crippen molar-refractivity contribution < 1.29 is 4.79 Å². The van der Waals surface area contributed by atoms with Gasteiger partial charge in [-0.05, 0) is 66.2 Å². The summed E-state index contributed by atoms with van der Waals surface area (Å²) in [4.78, 5) is 12.4. The highest BCUT2D eigenvalue weighted by atomic mass is 16.1. The van der Waals surface area contributed by atoms with Crippen LogP contribution < -0.4 is 5.73 Å². The Morgan fingerprint density at radius 1 is 1.22 bits per heavy atom. The molecule has 2 nitrogen and oxygen atoms in total. The van der Waals surface area contributed by atoms with Crippen molar-refractivity contribution in [3.63, 3.8) is 0 Å². The van der Waals surface area contributed by atoms with Crippen molar-refractivity contribution in [2.45, 2.75) is 71.1 Å². The van der Waals surface area contributed by atoms with Gasteiger partial charge in [0, 0.05) is 0 Å². The third-order valence-electron chi connectivity index (χ3n) is 5.83. The molecule has 3 rings (SSSR count). The predicted molar refractivity (Wildman–Crippen MR) is 96.4 cm³/mol. The van der Waals surface area contributed by atoms with Crippen LogP contribution in [0.4, 0.5) is 0 Å². The van der Waals surface area contributed by atoms with E-state index in [0.29, 0.717) is 5.92 Å². The van der Waals surface area contributed by atoms with Crippen LogP contribution in [0.5, 0.6) is 0 Å². The number of primary amides is 1. The number of carbonyl (C=O) groups excluding carboxylic acids is 1. The maximum atomic E-state index is 12.4. The molecule has 0 bridgehead atoms. The normalized spacial score (nSPS) is 20.0. The second kappa shape index (κ2) is 5.22. The van der Waals surface area contributed by atoms with Gasteiger partial charge in [-0.3, -0.25) is 4.79 Å². The topological polar surface area (TPSA) is 43.1 Å². The Balaban J connectivity index is 2.22. The van der Waals surface area contributed by atoms with E-state index in [1.54, 1.807) is 0 Å². The third-order valence-corrected chi connectivity index (χ3v) is 5.83. The smallest absolute Gasteiger partial charge is 0.228 e. The van der Waals surface area contributed by atoms with Crippen molar-refractivity contribution in [2.75, 3.05) is 0 Å². The molecule has 1 amide bonds. The minimum absolute atomic E-state index is 0.0642. The Morgan fingerprint density at radius 3 is 2.35 bits per heavy atom. The first-order valence-electron chi connectivity index (χ1n) is 8.85. The molecule has 1 unspecified atom stereocenters. The molecule has 2 aliphatic carbocycles. The summed E-state index contributed by atoms with van der Waals surface area (Å²) in [5.41, 5.74) is 12.0. The molecule has 2 aliphatic rings. The largest absolute Gasteiger partial charge is 0.369 e. The first-order valence-corrected chi connectivity index (χ1v) is 8.85. The van der Waals surface area contributed by atoms with Gasteiger partial charge in [0.05, 0.1) is 5.41 Å². The molecular weight excluding hydrogens is 282 g/mol. The van der Waals surface area contributed by atoms with E-state index in [1.165, 1.54) is 27.8 Å². The lowest BCUT2D eigenvalue weighted by Crippen LogP contribution is -2.41. The summed E-state index contributed by atoms with van der Waals surface area (Å²) in [5.74, 6) is 0.239. The second-order valence-corrected chi connectivity index (χ2v) is 8.52. The van der Waals surface area contributed by atoms with Crippen LogP contribution in [-0.2, 0) is 22.0 Å². The third kappa shape index (κ3) is 2.62. The van der Waals surface area contributed by atoms with E-state index in [1.807, 2.05) is 0 Å². The van der Waals surface area contributed by atoms with Crippen molar-refractivity contribution in [2.24, 2.45) is 11.7 Å². The summed E-state index contributed by atoms with van der Waals surface area (Å²) in [6.45, 7) is 11.0. The van der Waals surface area contributed by atoms with E-state index in [-0.39, 0.29) is 11.3 Å². The Hall–Kier alpha value is -1.57. The summed E-state index contributed by atoms with van der Waals surface area (Å²) in [7, 11) is 0. The number of allylic oxidation sites excluding steroid dienone is 1. The molecule has 2 heteroatoms. The Kier molecular flexibility index (Phi) is 3.70. The Labute approximate surface area is 140 Å². The zero-order chi connectivity index (χ0) is 17.0. The van der Waals surface area contributed by atoms with E-state index in [2.05, 4.69) is 52.8 Å². The van der Waals surface area contributed by atoms with Gasteiger partial charge in [-0.2, -0.15) is 0 Å². The molecule has 1 aromatic carbocycles. The average Bonchev–Trinajstić information content (AvgIpc) is 3.23. The number of hydrogen-bond donors (Lipinski definition) is 1. The van der Waals surface area contributed by atoms with Gasteiger partial charge in [0.25, 0.3) is 0 Å². The lowest BCUT2D eigenvalue weighted by molar-refractivity contribution is -0.123. The van der Waals surface area contributed by atoms with Gasteiger partial charge in [-0.25, -0.2) is 0 Å². The molecule has 1 atom stereocenters. The van der Waals surface area contributed by atoms with Crippen LogP contribution in [-0.4, -0.2) is 5.91 Å². The molecular formula is C21H29NO. The van der Waals surface area contributed by atoms with Gasteiger partial charge in [-0.1, -0.05) is 51.5 Å². The number of rotatable bonds is 4. The molecule has 0 radical (unpaired) electrons. The molecule has 1 aromatic rings. The lowest BCUT2D eigenvalue weighted by Gasteiger charge is -2.32. The maximum absolute atomic E-state index is 12.4. The van der Waals surface area contributed by atoms with Crippen LogP contribution in [0.2, 0.25) is 0 Å². The first-order chi connectivity index (χ1) is 10.7. The molecule has 1 saturated carbocycles. The fourth-order valence-corrected chi connectivity index (χ4v) is 3.86. The van der Waals surface area contributed by atoms with Crippen LogP contribution >= 0.6 is 0 Å². The SMILES string of the molecule is CCC1=Cc2cc(C(C)(C)C)cc(C(C)(C(N)=O)C3CC3)c2C1. The summed E-state index contributed by atoms with van der Waals surface area (Å²) in [6.07, 6.45) is 6.59. The van der Waals surface area contributed by atoms with Crippen molar-refractivity contribution in [3.8, 4) is 0 Å². The monoisotopic (exact) mass is 311 g/mol. The molecule has 23 heavy (non-hydrogen) atoms.